The molecule has 0 spiro atoms. The van der Waals surface area contributed by atoms with Crippen LogP contribution in [0.25, 0.3) is 11.2 Å². The average Bonchev–Trinajstić information content (AvgIpc) is 3.44. The van der Waals surface area contributed by atoms with Gasteiger partial charge in [0.2, 0.25) is 5.91 Å². The van der Waals surface area contributed by atoms with Crippen molar-refractivity contribution in [1.82, 2.24) is 24.0 Å². The molecule has 4 rings (SSSR count). The van der Waals surface area contributed by atoms with Crippen molar-refractivity contribution in [3.63, 3.8) is 0 Å². The van der Waals surface area contributed by atoms with Crippen LogP contribution in [-0.4, -0.2) is 31.1 Å². The molecule has 1 amide bonds. The lowest BCUT2D eigenvalue weighted by atomic mass is 10.2. The lowest BCUT2D eigenvalue weighted by Crippen LogP contribution is -2.44. The van der Waals surface area contributed by atoms with Gasteiger partial charge in [0.1, 0.15) is 12.3 Å². The number of fused-ring (bicyclic) bond motifs is 1. The van der Waals surface area contributed by atoms with Crippen molar-refractivity contribution in [1.29, 1.82) is 0 Å². The highest BCUT2D eigenvalue weighted by Gasteiger charge is 2.20. The quantitative estimate of drug-likeness (QED) is 0.465. The SMILES string of the molecule is CCCNC(=O)Cn1c(=O)c2c(ncn2Cc2ccco2)n(Cc2ccccc2)c1=O. The van der Waals surface area contributed by atoms with E-state index in [-0.39, 0.29) is 36.7 Å². The summed E-state index contributed by atoms with van der Waals surface area (Å²) in [5.74, 6) is 0.260. The zero-order valence-corrected chi connectivity index (χ0v) is 17.2. The molecule has 0 aliphatic heterocycles. The molecule has 0 atom stereocenters. The first-order valence-electron chi connectivity index (χ1n) is 10.1. The molecule has 9 heteroatoms. The van der Waals surface area contributed by atoms with Crippen molar-refractivity contribution >= 4 is 17.1 Å². The Kier molecular flexibility index (Phi) is 5.83. The third-order valence-corrected chi connectivity index (χ3v) is 4.95. The summed E-state index contributed by atoms with van der Waals surface area (Å²) in [4.78, 5) is 43.1. The van der Waals surface area contributed by atoms with Gasteiger partial charge in [-0.1, -0.05) is 37.3 Å². The molecule has 3 heterocycles. The molecule has 9 nitrogen and oxygen atoms in total. The fourth-order valence-corrected chi connectivity index (χ4v) is 3.44. The molecule has 0 aliphatic carbocycles. The third-order valence-electron chi connectivity index (χ3n) is 4.95. The van der Waals surface area contributed by atoms with Crippen LogP contribution in [0.4, 0.5) is 0 Å². The Morgan fingerprint density at radius 3 is 2.58 bits per heavy atom. The summed E-state index contributed by atoms with van der Waals surface area (Å²) in [6.45, 7) is 2.56. The van der Waals surface area contributed by atoms with Crippen LogP contribution in [0.5, 0.6) is 0 Å². The maximum Gasteiger partial charge on any atom is 0.333 e. The van der Waals surface area contributed by atoms with Gasteiger partial charge in [-0.3, -0.25) is 14.2 Å². The number of imidazole rings is 1. The van der Waals surface area contributed by atoms with E-state index in [1.54, 1.807) is 23.0 Å². The van der Waals surface area contributed by atoms with E-state index < -0.39 is 11.2 Å². The van der Waals surface area contributed by atoms with Gasteiger partial charge in [-0.15, -0.1) is 0 Å². The molecule has 0 saturated carbocycles. The van der Waals surface area contributed by atoms with Gasteiger partial charge in [0.05, 0.1) is 25.7 Å². The Bertz CT molecular complexity index is 1300. The van der Waals surface area contributed by atoms with Crippen LogP contribution in [0.1, 0.15) is 24.7 Å². The monoisotopic (exact) mass is 421 g/mol. The van der Waals surface area contributed by atoms with E-state index >= 15 is 0 Å². The number of aromatic nitrogens is 4. The van der Waals surface area contributed by atoms with Crippen LogP contribution >= 0.6 is 0 Å². The molecule has 3 aromatic heterocycles. The Hall–Kier alpha value is -3.88. The first kappa shape index (κ1) is 20.4. The first-order valence-corrected chi connectivity index (χ1v) is 10.1. The largest absolute Gasteiger partial charge is 0.467 e. The predicted octanol–water partition coefficient (Wildman–Crippen LogP) is 1.58. The van der Waals surface area contributed by atoms with Crippen LogP contribution < -0.4 is 16.6 Å². The van der Waals surface area contributed by atoms with Crippen LogP contribution in [-0.2, 0) is 24.4 Å². The van der Waals surface area contributed by atoms with Crippen LogP contribution in [0, 0.1) is 0 Å². The van der Waals surface area contributed by atoms with Crippen molar-refractivity contribution < 1.29 is 9.21 Å². The zero-order valence-electron chi connectivity index (χ0n) is 17.2. The smallest absolute Gasteiger partial charge is 0.333 e. The van der Waals surface area contributed by atoms with E-state index in [9.17, 15) is 14.4 Å². The highest BCUT2D eigenvalue weighted by Crippen LogP contribution is 2.12. The van der Waals surface area contributed by atoms with Gasteiger partial charge in [0.15, 0.2) is 11.2 Å². The molecule has 0 aliphatic rings. The number of nitrogens with one attached hydrogen (secondary N) is 1. The summed E-state index contributed by atoms with van der Waals surface area (Å²) in [5.41, 5.74) is 0.272. The molecule has 0 fully saturated rings. The minimum absolute atomic E-state index is 0.227. The predicted molar refractivity (Wildman–Crippen MR) is 115 cm³/mol. The second kappa shape index (κ2) is 8.86. The highest BCUT2D eigenvalue weighted by molar-refractivity contribution is 5.76. The summed E-state index contributed by atoms with van der Waals surface area (Å²) < 4.78 is 9.43. The highest BCUT2D eigenvalue weighted by atomic mass is 16.3. The fourth-order valence-electron chi connectivity index (χ4n) is 3.44. The van der Waals surface area contributed by atoms with E-state index in [0.29, 0.717) is 12.3 Å². The molecular weight excluding hydrogens is 398 g/mol. The lowest BCUT2D eigenvalue weighted by Gasteiger charge is -2.12. The Labute approximate surface area is 177 Å². The van der Waals surface area contributed by atoms with E-state index in [2.05, 4.69) is 10.3 Å². The van der Waals surface area contributed by atoms with Crippen LogP contribution in [0.3, 0.4) is 0 Å². The number of hydrogen-bond donors (Lipinski definition) is 1. The molecule has 1 aromatic carbocycles. The summed E-state index contributed by atoms with van der Waals surface area (Å²) in [6, 6.07) is 13.0. The van der Waals surface area contributed by atoms with Gasteiger partial charge in [0, 0.05) is 6.54 Å². The van der Waals surface area contributed by atoms with E-state index in [1.165, 1.54) is 10.9 Å². The van der Waals surface area contributed by atoms with Crippen molar-refractivity contribution in [2.24, 2.45) is 0 Å². The molecule has 0 radical (unpaired) electrons. The van der Waals surface area contributed by atoms with Gasteiger partial charge in [-0.05, 0) is 24.1 Å². The number of furan rings is 1. The summed E-state index contributed by atoms with van der Waals surface area (Å²) >= 11 is 0. The van der Waals surface area contributed by atoms with Gasteiger partial charge in [-0.2, -0.15) is 0 Å². The molecule has 31 heavy (non-hydrogen) atoms. The zero-order chi connectivity index (χ0) is 21.8. The van der Waals surface area contributed by atoms with Crippen LogP contribution in [0.15, 0.2) is 69.1 Å². The fraction of sp³-hybridized carbons (Fsp3) is 0.273. The number of benzene rings is 1. The Morgan fingerprint density at radius 1 is 1.06 bits per heavy atom. The number of amides is 1. The Morgan fingerprint density at radius 2 is 1.87 bits per heavy atom. The lowest BCUT2D eigenvalue weighted by molar-refractivity contribution is -0.121. The minimum atomic E-state index is -0.573. The van der Waals surface area contributed by atoms with Crippen molar-refractivity contribution in [3.05, 3.63) is 87.2 Å². The second-order valence-electron chi connectivity index (χ2n) is 7.22. The van der Waals surface area contributed by atoms with Gasteiger partial charge in [-0.25, -0.2) is 14.3 Å². The summed E-state index contributed by atoms with van der Waals surface area (Å²) in [6.07, 6.45) is 3.82. The van der Waals surface area contributed by atoms with Crippen molar-refractivity contribution in [2.75, 3.05) is 6.54 Å². The minimum Gasteiger partial charge on any atom is -0.467 e. The second-order valence-corrected chi connectivity index (χ2v) is 7.22. The van der Waals surface area contributed by atoms with Gasteiger partial charge < -0.3 is 14.3 Å². The van der Waals surface area contributed by atoms with Crippen molar-refractivity contribution in [2.45, 2.75) is 33.0 Å². The molecule has 4 aromatic rings. The van der Waals surface area contributed by atoms with E-state index in [4.69, 9.17) is 4.42 Å². The number of hydrogen-bond acceptors (Lipinski definition) is 5. The average molecular weight is 421 g/mol. The molecular formula is C22H23N5O4. The molecule has 0 bridgehead atoms. The normalized spacial score (nSPS) is 11.1. The standard InChI is InChI=1S/C22H23N5O4/c1-2-10-23-18(28)14-27-21(29)19-20(24-15-25(19)13-17-9-6-11-31-17)26(22(27)30)12-16-7-4-3-5-8-16/h3-9,11,15H,2,10,12-14H2,1H3,(H,23,28). The van der Waals surface area contributed by atoms with E-state index in [0.717, 1.165) is 16.6 Å². The number of rotatable bonds is 8. The summed E-state index contributed by atoms with van der Waals surface area (Å²) in [7, 11) is 0. The van der Waals surface area contributed by atoms with Crippen molar-refractivity contribution in [3.8, 4) is 0 Å². The van der Waals surface area contributed by atoms with E-state index in [1.807, 2.05) is 37.3 Å². The maximum atomic E-state index is 13.3. The summed E-state index contributed by atoms with van der Waals surface area (Å²) in [5, 5.41) is 2.71. The Balaban J connectivity index is 1.85. The van der Waals surface area contributed by atoms with Gasteiger partial charge >= 0.3 is 5.69 Å². The molecule has 0 saturated heterocycles. The number of nitrogens with zero attached hydrogens (tertiary/aromatic N) is 4. The molecule has 0 unspecified atom stereocenters. The molecule has 160 valence electrons. The first-order chi connectivity index (χ1) is 15.1. The van der Waals surface area contributed by atoms with Gasteiger partial charge in [0.25, 0.3) is 5.56 Å². The number of carbonyl (C=O) groups excluding carboxylic acids is 1. The molecule has 1 N–H and O–H groups in total. The van der Waals surface area contributed by atoms with Crippen LogP contribution in [0.2, 0.25) is 0 Å². The maximum absolute atomic E-state index is 13.3. The third kappa shape index (κ3) is 4.20. The topological polar surface area (TPSA) is 104 Å². The number of carbonyl (C=O) groups is 1.